The minimum Gasteiger partial charge on any atom is -0.274 e. The molecule has 0 aliphatic heterocycles. The summed E-state index contributed by atoms with van der Waals surface area (Å²) in [4.78, 5) is 7.44. The summed E-state index contributed by atoms with van der Waals surface area (Å²) >= 11 is 0.936. The van der Waals surface area contributed by atoms with Gasteiger partial charge in [-0.15, -0.1) is 10.2 Å². The number of hydrogen-bond donors (Lipinski definition) is 0. The fraction of sp³-hybridized carbons (Fsp3) is 0.200. The van der Waals surface area contributed by atoms with Crippen LogP contribution in [0.15, 0.2) is 46.8 Å². The van der Waals surface area contributed by atoms with Crippen molar-refractivity contribution in [3.63, 3.8) is 0 Å². The first-order valence-corrected chi connectivity index (χ1v) is 7.74. The van der Waals surface area contributed by atoms with Crippen molar-refractivity contribution in [3.8, 4) is 5.69 Å². The minimum absolute atomic E-state index is 0.0351. The lowest BCUT2D eigenvalue weighted by molar-refractivity contribution is -0.141. The van der Waals surface area contributed by atoms with Crippen molar-refractivity contribution in [2.24, 2.45) is 0 Å². The van der Waals surface area contributed by atoms with Crippen LogP contribution < -0.4 is 0 Å². The number of nitrogens with zero attached hydrogens (tertiary/aromatic N) is 5. The van der Waals surface area contributed by atoms with Crippen molar-refractivity contribution in [1.82, 2.24) is 24.7 Å². The zero-order valence-corrected chi connectivity index (χ0v) is 13.6. The Labute approximate surface area is 140 Å². The maximum Gasteiger partial charge on any atom is 0.433 e. The number of alkyl halides is 3. The van der Waals surface area contributed by atoms with Gasteiger partial charge in [0.05, 0.1) is 5.69 Å². The maximum atomic E-state index is 12.8. The molecule has 0 aliphatic carbocycles. The molecule has 3 aromatic rings. The molecule has 0 saturated carbocycles. The van der Waals surface area contributed by atoms with Crippen LogP contribution in [0.2, 0.25) is 0 Å². The van der Waals surface area contributed by atoms with E-state index in [9.17, 15) is 13.2 Å². The van der Waals surface area contributed by atoms with Gasteiger partial charge < -0.3 is 0 Å². The second-order valence-corrected chi connectivity index (χ2v) is 5.91. The number of rotatable bonds is 3. The first kappa shape index (κ1) is 16.4. The molecule has 0 fully saturated rings. The van der Waals surface area contributed by atoms with E-state index in [0.717, 1.165) is 35.3 Å². The number of benzene rings is 1. The van der Waals surface area contributed by atoms with Crippen LogP contribution in [0.1, 0.15) is 17.1 Å². The summed E-state index contributed by atoms with van der Waals surface area (Å²) in [6.45, 7) is 3.71. The van der Waals surface area contributed by atoms with Crippen molar-refractivity contribution in [3.05, 3.63) is 53.6 Å². The van der Waals surface area contributed by atoms with Gasteiger partial charge in [0.2, 0.25) is 5.16 Å². The molecule has 0 unspecified atom stereocenters. The van der Waals surface area contributed by atoms with E-state index in [1.54, 1.807) is 11.5 Å². The Balaban J connectivity index is 2.00. The first-order valence-electron chi connectivity index (χ1n) is 6.92. The molecule has 0 radical (unpaired) electrons. The summed E-state index contributed by atoms with van der Waals surface area (Å²) in [5, 5.41) is 8.42. The summed E-state index contributed by atoms with van der Waals surface area (Å²) in [5.41, 5.74) is 0.861. The SMILES string of the molecule is Cc1ccccc1-n1c(C)nnc1Sc1nccc(C(F)(F)F)n1. The summed E-state index contributed by atoms with van der Waals surface area (Å²) in [6.07, 6.45) is -3.43. The van der Waals surface area contributed by atoms with E-state index < -0.39 is 11.9 Å². The Morgan fingerprint density at radius 1 is 1.04 bits per heavy atom. The molecule has 1 aromatic carbocycles. The van der Waals surface area contributed by atoms with Crippen LogP contribution in [0, 0.1) is 13.8 Å². The highest BCUT2D eigenvalue weighted by Gasteiger charge is 2.33. The molecule has 5 nitrogen and oxygen atoms in total. The Morgan fingerprint density at radius 3 is 2.50 bits per heavy atom. The smallest absolute Gasteiger partial charge is 0.274 e. The molecule has 0 saturated heterocycles. The van der Waals surface area contributed by atoms with Crippen molar-refractivity contribution < 1.29 is 13.2 Å². The van der Waals surface area contributed by atoms with Gasteiger partial charge in [-0.2, -0.15) is 13.2 Å². The Kier molecular flexibility index (Phi) is 4.27. The van der Waals surface area contributed by atoms with Crippen LogP contribution >= 0.6 is 11.8 Å². The molecule has 0 atom stereocenters. The molecule has 2 heterocycles. The van der Waals surface area contributed by atoms with Gasteiger partial charge in [-0.1, -0.05) is 18.2 Å². The highest BCUT2D eigenvalue weighted by atomic mass is 32.2. The number of halogens is 3. The van der Waals surface area contributed by atoms with Crippen LogP contribution in [0.5, 0.6) is 0 Å². The molecule has 0 aliphatic rings. The van der Waals surface area contributed by atoms with Gasteiger partial charge in [-0.05, 0) is 43.3 Å². The van der Waals surface area contributed by atoms with Gasteiger partial charge in [0, 0.05) is 6.20 Å². The van der Waals surface area contributed by atoms with E-state index in [4.69, 9.17) is 0 Å². The summed E-state index contributed by atoms with van der Waals surface area (Å²) in [7, 11) is 0. The molecule has 0 spiro atoms. The van der Waals surface area contributed by atoms with E-state index >= 15 is 0 Å². The molecule has 24 heavy (non-hydrogen) atoms. The average molecular weight is 351 g/mol. The summed E-state index contributed by atoms with van der Waals surface area (Å²) < 4.78 is 40.1. The normalized spacial score (nSPS) is 11.7. The lowest BCUT2D eigenvalue weighted by atomic mass is 10.2. The van der Waals surface area contributed by atoms with Gasteiger partial charge in [-0.25, -0.2) is 9.97 Å². The molecular weight excluding hydrogens is 339 g/mol. The van der Waals surface area contributed by atoms with E-state index in [1.165, 1.54) is 0 Å². The van der Waals surface area contributed by atoms with Gasteiger partial charge in [0.15, 0.2) is 5.16 Å². The Hall–Kier alpha value is -2.42. The summed E-state index contributed by atoms with van der Waals surface area (Å²) in [6, 6.07) is 8.44. The topological polar surface area (TPSA) is 56.5 Å². The summed E-state index contributed by atoms with van der Waals surface area (Å²) in [5.74, 6) is 0.624. The van der Waals surface area contributed by atoms with Crippen molar-refractivity contribution in [2.75, 3.05) is 0 Å². The van der Waals surface area contributed by atoms with Gasteiger partial charge in [0.25, 0.3) is 0 Å². The second kappa shape index (κ2) is 6.23. The molecule has 3 rings (SSSR count). The quantitative estimate of drug-likeness (QED) is 0.671. The highest BCUT2D eigenvalue weighted by molar-refractivity contribution is 7.99. The lowest BCUT2D eigenvalue weighted by Gasteiger charge is -2.11. The zero-order valence-electron chi connectivity index (χ0n) is 12.7. The van der Waals surface area contributed by atoms with E-state index in [0.29, 0.717) is 11.0 Å². The second-order valence-electron chi connectivity index (χ2n) is 4.98. The van der Waals surface area contributed by atoms with Crippen LogP contribution in [0.3, 0.4) is 0 Å². The van der Waals surface area contributed by atoms with Crippen LogP contribution in [0.25, 0.3) is 5.69 Å². The molecule has 0 N–H and O–H groups in total. The minimum atomic E-state index is -4.52. The number of para-hydroxylation sites is 1. The maximum absolute atomic E-state index is 12.8. The van der Waals surface area contributed by atoms with Crippen LogP contribution in [0.4, 0.5) is 13.2 Å². The van der Waals surface area contributed by atoms with E-state index in [2.05, 4.69) is 20.2 Å². The predicted molar refractivity (Wildman–Crippen MR) is 82.0 cm³/mol. The highest BCUT2D eigenvalue weighted by Crippen LogP contribution is 2.31. The van der Waals surface area contributed by atoms with E-state index in [1.807, 2.05) is 31.2 Å². The third-order valence-corrected chi connectivity index (χ3v) is 4.08. The molecule has 124 valence electrons. The zero-order chi connectivity index (χ0) is 17.3. The number of aromatic nitrogens is 5. The third-order valence-electron chi connectivity index (χ3n) is 3.26. The fourth-order valence-electron chi connectivity index (χ4n) is 2.13. The number of aryl methyl sites for hydroxylation is 2. The van der Waals surface area contributed by atoms with Crippen LogP contribution in [-0.4, -0.2) is 24.7 Å². The largest absolute Gasteiger partial charge is 0.433 e. The number of hydrogen-bond acceptors (Lipinski definition) is 5. The standard InChI is InChI=1S/C15H12F3N5S/c1-9-5-3-4-6-11(9)23-10(2)21-22-14(23)24-13-19-8-7-12(20-13)15(16,17)18/h3-8H,1-2H3. The molecular formula is C15H12F3N5S. The predicted octanol–water partition coefficient (Wildman–Crippen LogP) is 3.84. The first-order chi connectivity index (χ1) is 11.4. The Morgan fingerprint density at radius 2 is 1.79 bits per heavy atom. The Bertz CT molecular complexity index is 876. The molecule has 9 heteroatoms. The molecule has 0 amide bonds. The van der Waals surface area contributed by atoms with Crippen LogP contribution in [-0.2, 0) is 6.18 Å². The average Bonchev–Trinajstić information content (AvgIpc) is 2.88. The van der Waals surface area contributed by atoms with Gasteiger partial charge in [0.1, 0.15) is 11.5 Å². The van der Waals surface area contributed by atoms with E-state index in [-0.39, 0.29) is 5.16 Å². The van der Waals surface area contributed by atoms with Gasteiger partial charge in [-0.3, -0.25) is 4.57 Å². The third kappa shape index (κ3) is 3.25. The van der Waals surface area contributed by atoms with Crippen molar-refractivity contribution in [1.29, 1.82) is 0 Å². The molecule has 2 aromatic heterocycles. The molecule has 0 bridgehead atoms. The monoisotopic (exact) mass is 351 g/mol. The lowest BCUT2D eigenvalue weighted by Crippen LogP contribution is -2.09. The van der Waals surface area contributed by atoms with Crippen molar-refractivity contribution in [2.45, 2.75) is 30.3 Å². The fourth-order valence-corrected chi connectivity index (χ4v) is 2.95. The van der Waals surface area contributed by atoms with Crippen molar-refractivity contribution >= 4 is 11.8 Å². The van der Waals surface area contributed by atoms with Gasteiger partial charge >= 0.3 is 6.18 Å².